The van der Waals surface area contributed by atoms with Crippen LogP contribution in [0.5, 0.6) is 0 Å². The van der Waals surface area contributed by atoms with Crippen molar-refractivity contribution in [3.05, 3.63) is 59.3 Å². The molecule has 0 aliphatic heterocycles. The lowest BCUT2D eigenvalue weighted by Gasteiger charge is -2.11. The van der Waals surface area contributed by atoms with Crippen molar-refractivity contribution in [3.63, 3.8) is 0 Å². The molecule has 2 aromatic rings. The van der Waals surface area contributed by atoms with Crippen molar-refractivity contribution in [2.24, 2.45) is 0 Å². The Morgan fingerprint density at radius 3 is 2.45 bits per heavy atom. The van der Waals surface area contributed by atoms with Gasteiger partial charge in [-0.15, -0.1) is 0 Å². The molecule has 1 aromatic carbocycles. The van der Waals surface area contributed by atoms with E-state index < -0.39 is 23.5 Å². The van der Waals surface area contributed by atoms with E-state index in [1.807, 2.05) is 0 Å². The molecule has 0 bridgehead atoms. The number of aromatic nitrogens is 1. The average molecular weight is 288 g/mol. The Morgan fingerprint density at radius 1 is 1.05 bits per heavy atom. The summed E-state index contributed by atoms with van der Waals surface area (Å²) in [6.07, 6.45) is -4.75. The van der Waals surface area contributed by atoms with Gasteiger partial charge in [0, 0.05) is 6.54 Å². The van der Waals surface area contributed by atoms with E-state index in [0.717, 1.165) is 12.1 Å². The molecular formula is C13H9F5N2. The van der Waals surface area contributed by atoms with E-state index in [1.165, 1.54) is 18.2 Å². The Labute approximate surface area is 111 Å². The van der Waals surface area contributed by atoms with Gasteiger partial charge in [0.15, 0.2) is 0 Å². The molecule has 2 nitrogen and oxygen atoms in total. The number of rotatable bonds is 3. The van der Waals surface area contributed by atoms with Crippen LogP contribution in [0.3, 0.4) is 0 Å². The molecular weight excluding hydrogens is 279 g/mol. The van der Waals surface area contributed by atoms with Crippen molar-refractivity contribution in [2.75, 3.05) is 5.32 Å². The predicted octanol–water partition coefficient (Wildman–Crippen LogP) is 3.99. The second-order valence-corrected chi connectivity index (χ2v) is 4.01. The largest absolute Gasteiger partial charge is 0.419 e. The first-order valence-corrected chi connectivity index (χ1v) is 5.58. The SMILES string of the molecule is Fc1cccc(NCc2ccc(F)c(C(F)(F)F)c2)n1. The highest BCUT2D eigenvalue weighted by Gasteiger charge is 2.34. The zero-order chi connectivity index (χ0) is 14.8. The van der Waals surface area contributed by atoms with Gasteiger partial charge in [-0.1, -0.05) is 12.1 Å². The van der Waals surface area contributed by atoms with Gasteiger partial charge < -0.3 is 5.32 Å². The number of nitrogens with zero attached hydrogens (tertiary/aromatic N) is 1. The van der Waals surface area contributed by atoms with Gasteiger partial charge in [-0.25, -0.2) is 9.37 Å². The van der Waals surface area contributed by atoms with Gasteiger partial charge in [-0.2, -0.15) is 17.6 Å². The molecule has 20 heavy (non-hydrogen) atoms. The third-order valence-electron chi connectivity index (χ3n) is 2.52. The summed E-state index contributed by atoms with van der Waals surface area (Å²) in [4.78, 5) is 3.50. The molecule has 0 saturated heterocycles. The number of benzene rings is 1. The summed E-state index contributed by atoms with van der Waals surface area (Å²) in [6, 6.07) is 6.70. The van der Waals surface area contributed by atoms with Crippen molar-refractivity contribution in [1.29, 1.82) is 0 Å². The van der Waals surface area contributed by atoms with E-state index in [9.17, 15) is 22.0 Å². The number of nitrogens with one attached hydrogen (secondary N) is 1. The van der Waals surface area contributed by atoms with E-state index in [1.54, 1.807) is 0 Å². The maximum atomic E-state index is 13.1. The minimum atomic E-state index is -4.75. The Hall–Kier alpha value is -2.18. The lowest BCUT2D eigenvalue weighted by molar-refractivity contribution is -0.140. The molecule has 2 rings (SSSR count). The maximum Gasteiger partial charge on any atom is 0.419 e. The third kappa shape index (κ3) is 3.43. The molecule has 0 radical (unpaired) electrons. The number of hydrogen-bond donors (Lipinski definition) is 1. The number of anilines is 1. The van der Waals surface area contributed by atoms with Gasteiger partial charge in [-0.05, 0) is 29.8 Å². The number of alkyl halides is 3. The van der Waals surface area contributed by atoms with Crippen LogP contribution in [0.15, 0.2) is 36.4 Å². The topological polar surface area (TPSA) is 24.9 Å². The molecule has 0 amide bonds. The van der Waals surface area contributed by atoms with Crippen molar-refractivity contribution in [2.45, 2.75) is 12.7 Å². The van der Waals surface area contributed by atoms with Crippen LogP contribution in [-0.4, -0.2) is 4.98 Å². The summed E-state index contributed by atoms with van der Waals surface area (Å²) in [7, 11) is 0. The number of hydrogen-bond acceptors (Lipinski definition) is 2. The molecule has 106 valence electrons. The predicted molar refractivity (Wildman–Crippen MR) is 62.9 cm³/mol. The van der Waals surface area contributed by atoms with Gasteiger partial charge >= 0.3 is 6.18 Å². The Bertz CT molecular complexity index is 610. The Balaban J connectivity index is 2.14. The van der Waals surface area contributed by atoms with E-state index in [-0.39, 0.29) is 17.9 Å². The third-order valence-corrected chi connectivity index (χ3v) is 2.52. The van der Waals surface area contributed by atoms with Gasteiger partial charge in [0.1, 0.15) is 11.6 Å². The standard InChI is InChI=1S/C13H9F5N2/c14-10-5-4-8(6-9(10)13(16,17)18)7-19-12-3-1-2-11(15)20-12/h1-6H,7H2,(H,19,20). The van der Waals surface area contributed by atoms with Crippen LogP contribution in [0.1, 0.15) is 11.1 Å². The van der Waals surface area contributed by atoms with E-state index in [0.29, 0.717) is 6.07 Å². The second kappa shape index (κ2) is 5.44. The smallest absolute Gasteiger partial charge is 0.366 e. The van der Waals surface area contributed by atoms with E-state index >= 15 is 0 Å². The highest BCUT2D eigenvalue weighted by atomic mass is 19.4. The Morgan fingerprint density at radius 2 is 1.80 bits per heavy atom. The van der Waals surface area contributed by atoms with Crippen molar-refractivity contribution >= 4 is 5.82 Å². The van der Waals surface area contributed by atoms with Gasteiger partial charge in [-0.3, -0.25) is 0 Å². The van der Waals surface area contributed by atoms with Crippen LogP contribution in [0.2, 0.25) is 0 Å². The van der Waals surface area contributed by atoms with E-state index in [2.05, 4.69) is 10.3 Å². The zero-order valence-corrected chi connectivity index (χ0v) is 10.0. The normalized spacial score (nSPS) is 11.4. The Kier molecular flexibility index (Phi) is 3.87. The fraction of sp³-hybridized carbons (Fsp3) is 0.154. The van der Waals surface area contributed by atoms with Gasteiger partial charge in [0.2, 0.25) is 5.95 Å². The molecule has 0 fully saturated rings. The molecule has 1 aromatic heterocycles. The zero-order valence-electron chi connectivity index (χ0n) is 10.0. The number of halogens is 5. The summed E-state index contributed by atoms with van der Waals surface area (Å²) < 4.78 is 63.5. The lowest BCUT2D eigenvalue weighted by atomic mass is 10.1. The lowest BCUT2D eigenvalue weighted by Crippen LogP contribution is -2.10. The molecule has 0 unspecified atom stereocenters. The molecule has 0 aliphatic carbocycles. The first-order chi connectivity index (χ1) is 9.36. The van der Waals surface area contributed by atoms with Crippen molar-refractivity contribution in [1.82, 2.24) is 4.98 Å². The molecule has 0 aliphatic rings. The van der Waals surface area contributed by atoms with Crippen molar-refractivity contribution < 1.29 is 22.0 Å². The van der Waals surface area contributed by atoms with Gasteiger partial charge in [0.05, 0.1) is 5.56 Å². The minimum Gasteiger partial charge on any atom is -0.366 e. The first kappa shape index (κ1) is 14.2. The number of pyridine rings is 1. The van der Waals surface area contributed by atoms with Crippen LogP contribution in [0, 0.1) is 11.8 Å². The summed E-state index contributed by atoms with van der Waals surface area (Å²) in [5.74, 6) is -1.85. The monoisotopic (exact) mass is 288 g/mol. The molecule has 0 atom stereocenters. The molecule has 1 N–H and O–H groups in total. The minimum absolute atomic E-state index is 0.0280. The molecule has 0 saturated carbocycles. The summed E-state index contributed by atoms with van der Waals surface area (Å²) in [5.41, 5.74) is -1.12. The maximum absolute atomic E-state index is 13.1. The quantitative estimate of drug-likeness (QED) is 0.682. The van der Waals surface area contributed by atoms with Crippen molar-refractivity contribution in [3.8, 4) is 0 Å². The molecule has 0 spiro atoms. The van der Waals surface area contributed by atoms with Crippen LogP contribution in [0.25, 0.3) is 0 Å². The first-order valence-electron chi connectivity index (χ1n) is 5.58. The fourth-order valence-corrected chi connectivity index (χ4v) is 1.60. The van der Waals surface area contributed by atoms with Crippen LogP contribution >= 0.6 is 0 Å². The fourth-order valence-electron chi connectivity index (χ4n) is 1.60. The van der Waals surface area contributed by atoms with Crippen LogP contribution < -0.4 is 5.32 Å². The second-order valence-electron chi connectivity index (χ2n) is 4.01. The van der Waals surface area contributed by atoms with Crippen LogP contribution in [-0.2, 0) is 12.7 Å². The highest BCUT2D eigenvalue weighted by Crippen LogP contribution is 2.31. The van der Waals surface area contributed by atoms with E-state index in [4.69, 9.17) is 0 Å². The highest BCUT2D eigenvalue weighted by molar-refractivity contribution is 5.36. The molecule has 1 heterocycles. The average Bonchev–Trinajstić information content (AvgIpc) is 2.36. The summed E-state index contributed by atoms with van der Waals surface area (Å²) in [5, 5.41) is 2.66. The van der Waals surface area contributed by atoms with Crippen LogP contribution in [0.4, 0.5) is 27.8 Å². The molecule has 7 heteroatoms. The summed E-state index contributed by atoms with van der Waals surface area (Å²) in [6.45, 7) is -0.0280. The summed E-state index contributed by atoms with van der Waals surface area (Å²) >= 11 is 0. The van der Waals surface area contributed by atoms with Gasteiger partial charge in [0.25, 0.3) is 0 Å².